The molecule has 194 valence electrons. The number of nitrogens with zero attached hydrogens (tertiary/aromatic N) is 9. The summed E-state index contributed by atoms with van der Waals surface area (Å²) >= 11 is 0. The lowest BCUT2D eigenvalue weighted by atomic mass is 10.1. The number of rotatable bonds is 6. The van der Waals surface area contributed by atoms with Crippen LogP contribution in [0.3, 0.4) is 0 Å². The first kappa shape index (κ1) is 23.8. The highest BCUT2D eigenvalue weighted by atomic mass is 16.2. The van der Waals surface area contributed by atoms with Gasteiger partial charge < -0.3 is 20.0 Å². The Balaban J connectivity index is 1.14. The van der Waals surface area contributed by atoms with Gasteiger partial charge in [-0.3, -0.25) is 9.59 Å². The molecule has 0 bridgehead atoms. The number of aliphatic imine (C=N–C) groups is 1. The summed E-state index contributed by atoms with van der Waals surface area (Å²) in [6, 6.07) is 5.01. The van der Waals surface area contributed by atoms with E-state index in [9.17, 15) is 14.4 Å². The number of piperidine rings is 1. The molecule has 1 N–H and O–H groups in total. The number of carbonyl (C=O) groups is 3. The topological polar surface area (TPSA) is 151 Å². The molecule has 5 heterocycles. The largest absolute Gasteiger partial charge is 0.356 e. The van der Waals surface area contributed by atoms with Gasteiger partial charge in [0, 0.05) is 38.1 Å². The molecule has 3 fully saturated rings. The van der Waals surface area contributed by atoms with E-state index in [-0.39, 0.29) is 6.54 Å². The SMILES string of the molecule is C[C@@H](C(=O)Nc1ccnc(-c2ccc(N3CC4CC4C3)nc2)n1)N1C=NC2C1C(=O)N(CC#N)C(=O)N2C. The van der Waals surface area contributed by atoms with Crippen molar-refractivity contribution in [3.05, 3.63) is 30.6 Å². The molecule has 4 aliphatic rings. The fourth-order valence-corrected chi connectivity index (χ4v) is 5.36. The number of likely N-dealkylation sites (N-methyl/N-ethyl adjacent to an activating group) is 1. The van der Waals surface area contributed by atoms with Crippen LogP contribution in [0.15, 0.2) is 35.6 Å². The van der Waals surface area contributed by atoms with E-state index in [0.29, 0.717) is 11.6 Å². The molecule has 0 spiro atoms. The smallest absolute Gasteiger partial charge is 0.329 e. The molecule has 2 aromatic rings. The van der Waals surface area contributed by atoms with Crippen molar-refractivity contribution in [2.45, 2.75) is 31.6 Å². The Morgan fingerprint density at radius 3 is 2.71 bits per heavy atom. The van der Waals surface area contributed by atoms with Crippen molar-refractivity contribution in [1.82, 2.24) is 29.7 Å². The maximum absolute atomic E-state index is 13.2. The van der Waals surface area contributed by atoms with Crippen LogP contribution in [0, 0.1) is 23.2 Å². The standard InChI is InChI=1S/C25H26N10O3/c1-14(35-13-29-22-20(35)24(37)34(8-6-26)25(38)32(22)2)23(36)31-18-5-7-27-21(30-18)15-3-4-19(28-10-15)33-11-16-9-17(16)12-33/h3-5,7,10,13-14,16-17,20,22H,8-9,11-12H2,1-2H3,(H,27,30,31,36)/t14-,16?,17?,20?,22?/m0/s1. The zero-order valence-electron chi connectivity index (χ0n) is 20.9. The fraction of sp³-hybridized carbons (Fsp3) is 0.440. The number of hydrogen-bond donors (Lipinski definition) is 1. The number of nitrogens with one attached hydrogen (secondary N) is 1. The molecule has 0 aromatic carbocycles. The second-order valence-electron chi connectivity index (χ2n) is 10.0. The van der Waals surface area contributed by atoms with Crippen molar-refractivity contribution in [2.75, 3.05) is 36.9 Å². The van der Waals surface area contributed by atoms with Gasteiger partial charge in [0.2, 0.25) is 5.91 Å². The zero-order valence-corrected chi connectivity index (χ0v) is 20.9. The third kappa shape index (κ3) is 3.98. The Hall–Kier alpha value is -4.60. The normalized spacial score (nSPS) is 26.2. The number of aromatic nitrogens is 3. The molecule has 38 heavy (non-hydrogen) atoms. The third-order valence-corrected chi connectivity index (χ3v) is 7.68. The predicted octanol–water partition coefficient (Wildman–Crippen LogP) is 0.778. The number of anilines is 2. The van der Waals surface area contributed by atoms with Gasteiger partial charge in [0.05, 0.1) is 12.4 Å². The van der Waals surface area contributed by atoms with Crippen LogP contribution in [0.25, 0.3) is 11.4 Å². The van der Waals surface area contributed by atoms with E-state index in [0.717, 1.165) is 41.2 Å². The summed E-state index contributed by atoms with van der Waals surface area (Å²) in [7, 11) is 1.51. The van der Waals surface area contributed by atoms with E-state index in [1.54, 1.807) is 25.4 Å². The Bertz CT molecular complexity index is 1360. The minimum Gasteiger partial charge on any atom is -0.356 e. The molecule has 6 rings (SSSR count). The highest BCUT2D eigenvalue weighted by molar-refractivity contribution is 6.03. The van der Waals surface area contributed by atoms with Crippen LogP contribution < -0.4 is 10.2 Å². The number of imide groups is 1. The van der Waals surface area contributed by atoms with Crippen LogP contribution in [0.2, 0.25) is 0 Å². The predicted molar refractivity (Wildman–Crippen MR) is 136 cm³/mol. The summed E-state index contributed by atoms with van der Waals surface area (Å²) < 4.78 is 0. The molecule has 2 saturated heterocycles. The molecule has 4 amide bonds. The van der Waals surface area contributed by atoms with Crippen LogP contribution in [-0.4, -0.2) is 98.8 Å². The quantitative estimate of drug-likeness (QED) is 0.551. The Labute approximate surface area is 218 Å². The highest BCUT2D eigenvalue weighted by Gasteiger charge is 2.51. The van der Waals surface area contributed by atoms with Crippen molar-refractivity contribution >= 4 is 35.8 Å². The lowest BCUT2D eigenvalue weighted by Crippen LogP contribution is -2.66. The Kier molecular flexibility index (Phi) is 5.67. The van der Waals surface area contributed by atoms with Crippen molar-refractivity contribution in [2.24, 2.45) is 16.8 Å². The fourth-order valence-electron chi connectivity index (χ4n) is 5.36. The number of amides is 4. The molecule has 4 unspecified atom stereocenters. The average Bonchev–Trinajstić information content (AvgIpc) is 3.32. The van der Waals surface area contributed by atoms with Crippen LogP contribution in [0.5, 0.6) is 0 Å². The summed E-state index contributed by atoms with van der Waals surface area (Å²) in [6.07, 6.45) is 5.26. The first-order chi connectivity index (χ1) is 18.4. The van der Waals surface area contributed by atoms with Crippen molar-refractivity contribution in [1.29, 1.82) is 5.26 Å². The molecule has 5 atom stereocenters. The molecule has 13 nitrogen and oxygen atoms in total. The van der Waals surface area contributed by atoms with E-state index in [2.05, 4.69) is 30.2 Å². The van der Waals surface area contributed by atoms with Gasteiger partial charge in [-0.1, -0.05) is 0 Å². The van der Waals surface area contributed by atoms with Crippen LogP contribution in [-0.2, 0) is 9.59 Å². The van der Waals surface area contributed by atoms with E-state index < -0.39 is 36.1 Å². The number of pyridine rings is 1. The van der Waals surface area contributed by atoms with Gasteiger partial charge in [0.1, 0.15) is 24.2 Å². The summed E-state index contributed by atoms with van der Waals surface area (Å²) in [4.78, 5) is 62.3. The van der Waals surface area contributed by atoms with Crippen molar-refractivity contribution < 1.29 is 14.4 Å². The molecule has 1 saturated carbocycles. The van der Waals surface area contributed by atoms with Gasteiger partial charge in [0.15, 0.2) is 18.0 Å². The number of fused-ring (bicyclic) bond motifs is 2. The number of hydrogen-bond acceptors (Lipinski definition) is 10. The van der Waals surface area contributed by atoms with Crippen molar-refractivity contribution in [3.8, 4) is 17.5 Å². The maximum atomic E-state index is 13.2. The number of nitriles is 1. The second kappa shape index (κ2) is 9.05. The van der Waals surface area contributed by atoms with Gasteiger partial charge in [-0.2, -0.15) is 5.26 Å². The van der Waals surface area contributed by atoms with Gasteiger partial charge >= 0.3 is 6.03 Å². The van der Waals surface area contributed by atoms with Gasteiger partial charge in [0.25, 0.3) is 5.91 Å². The lowest BCUT2D eigenvalue weighted by Gasteiger charge is -2.41. The summed E-state index contributed by atoms with van der Waals surface area (Å²) in [5, 5.41) is 11.8. The van der Waals surface area contributed by atoms with E-state index in [4.69, 9.17) is 5.26 Å². The first-order valence-corrected chi connectivity index (χ1v) is 12.5. The number of carbonyl (C=O) groups excluding carboxylic acids is 3. The van der Waals surface area contributed by atoms with E-state index >= 15 is 0 Å². The Morgan fingerprint density at radius 2 is 2.00 bits per heavy atom. The molecular weight excluding hydrogens is 488 g/mol. The maximum Gasteiger partial charge on any atom is 0.329 e. The second-order valence-corrected chi connectivity index (χ2v) is 10.0. The summed E-state index contributed by atoms with van der Waals surface area (Å²) in [6.45, 7) is 3.38. The number of urea groups is 1. The van der Waals surface area contributed by atoms with Crippen LogP contribution in [0.4, 0.5) is 16.4 Å². The van der Waals surface area contributed by atoms with Gasteiger partial charge in [-0.15, -0.1) is 0 Å². The zero-order chi connectivity index (χ0) is 26.6. The first-order valence-electron chi connectivity index (χ1n) is 12.5. The van der Waals surface area contributed by atoms with Crippen LogP contribution in [0.1, 0.15) is 13.3 Å². The monoisotopic (exact) mass is 514 g/mol. The van der Waals surface area contributed by atoms with Crippen LogP contribution >= 0.6 is 0 Å². The van der Waals surface area contributed by atoms with Gasteiger partial charge in [-0.05, 0) is 43.4 Å². The third-order valence-electron chi connectivity index (χ3n) is 7.68. The summed E-state index contributed by atoms with van der Waals surface area (Å²) in [5.74, 6) is 2.33. The van der Waals surface area contributed by atoms with Gasteiger partial charge in [-0.25, -0.2) is 29.6 Å². The molecule has 0 radical (unpaired) electrons. The minimum atomic E-state index is -0.904. The minimum absolute atomic E-state index is 0.302. The highest BCUT2D eigenvalue weighted by Crippen LogP contribution is 2.45. The molecule has 3 aliphatic heterocycles. The Morgan fingerprint density at radius 1 is 1.21 bits per heavy atom. The molecular formula is C25H26N10O3. The van der Waals surface area contributed by atoms with E-state index in [1.165, 1.54) is 29.6 Å². The average molecular weight is 515 g/mol. The molecule has 1 aliphatic carbocycles. The van der Waals surface area contributed by atoms with Crippen molar-refractivity contribution in [3.63, 3.8) is 0 Å². The van der Waals surface area contributed by atoms with E-state index in [1.807, 2.05) is 18.2 Å². The molecule has 13 heteroatoms. The lowest BCUT2D eigenvalue weighted by molar-refractivity contribution is -0.138. The summed E-state index contributed by atoms with van der Waals surface area (Å²) in [5.41, 5.74) is 0.731. The molecule has 2 aromatic heterocycles.